The molecule has 1 amide bonds. The van der Waals surface area contributed by atoms with E-state index < -0.39 is 0 Å². The second-order valence-electron chi connectivity index (χ2n) is 7.12. The molecule has 0 radical (unpaired) electrons. The zero-order valence-corrected chi connectivity index (χ0v) is 16.0. The van der Waals surface area contributed by atoms with Gasteiger partial charge in [0.25, 0.3) is 0 Å². The van der Waals surface area contributed by atoms with Crippen LogP contribution in [0.2, 0.25) is 0 Å². The number of nitrogens with zero attached hydrogens (tertiary/aromatic N) is 3. The molecular weight excluding hydrogens is 348 g/mol. The summed E-state index contributed by atoms with van der Waals surface area (Å²) in [5.41, 5.74) is 3.91. The number of benzene rings is 2. The van der Waals surface area contributed by atoms with E-state index in [9.17, 15) is 4.79 Å². The van der Waals surface area contributed by atoms with Gasteiger partial charge in [-0.3, -0.25) is 9.78 Å². The zero-order valence-electron chi connectivity index (χ0n) is 16.0. The van der Waals surface area contributed by atoms with Crippen LogP contribution in [0.25, 0.3) is 22.5 Å². The molecule has 5 nitrogen and oxygen atoms in total. The van der Waals surface area contributed by atoms with Crippen molar-refractivity contribution in [3.8, 4) is 22.5 Å². The van der Waals surface area contributed by atoms with Crippen molar-refractivity contribution in [3.05, 3.63) is 66.9 Å². The monoisotopic (exact) mass is 372 g/mol. The molecule has 28 heavy (non-hydrogen) atoms. The van der Waals surface area contributed by atoms with E-state index in [0.717, 1.165) is 54.3 Å². The highest BCUT2D eigenvalue weighted by Gasteiger charge is 2.22. The topological polar surface area (TPSA) is 58.1 Å². The van der Waals surface area contributed by atoms with Gasteiger partial charge >= 0.3 is 0 Å². The molecule has 3 aromatic rings. The zero-order chi connectivity index (χ0) is 19.3. The molecule has 1 aliphatic heterocycles. The Labute approximate surface area is 165 Å². The van der Waals surface area contributed by atoms with Crippen molar-refractivity contribution in [3.63, 3.8) is 0 Å². The van der Waals surface area contributed by atoms with E-state index in [2.05, 4.69) is 34.5 Å². The van der Waals surface area contributed by atoms with Crippen molar-refractivity contribution in [2.45, 2.75) is 25.8 Å². The summed E-state index contributed by atoms with van der Waals surface area (Å²) in [5.74, 6) is 0.927. The van der Waals surface area contributed by atoms with Gasteiger partial charge in [-0.05, 0) is 12.8 Å². The van der Waals surface area contributed by atoms with Gasteiger partial charge in [-0.1, -0.05) is 60.7 Å². The summed E-state index contributed by atoms with van der Waals surface area (Å²) in [6, 6.07) is 20.6. The first-order valence-corrected chi connectivity index (χ1v) is 9.70. The van der Waals surface area contributed by atoms with Gasteiger partial charge in [0, 0.05) is 37.2 Å². The minimum Gasteiger partial charge on any atom is -0.355 e. The van der Waals surface area contributed by atoms with E-state index in [-0.39, 0.29) is 11.9 Å². The summed E-state index contributed by atoms with van der Waals surface area (Å²) >= 11 is 0. The molecule has 1 aliphatic rings. The molecule has 4 rings (SSSR count). The van der Waals surface area contributed by atoms with Gasteiger partial charge in [-0.25, -0.2) is 4.98 Å². The third-order valence-electron chi connectivity index (χ3n) is 5.08. The number of nitrogens with one attached hydrogen (secondary N) is 1. The Balaban J connectivity index is 1.65. The summed E-state index contributed by atoms with van der Waals surface area (Å²) in [4.78, 5) is 23.3. The summed E-state index contributed by atoms with van der Waals surface area (Å²) < 4.78 is 0. The molecule has 1 fully saturated rings. The second-order valence-corrected chi connectivity index (χ2v) is 7.12. The third kappa shape index (κ3) is 4.03. The number of anilines is 1. The number of hydrogen-bond acceptors (Lipinski definition) is 4. The molecule has 1 saturated heterocycles. The molecule has 0 unspecified atom stereocenters. The SMILES string of the molecule is CC(=O)NC1CCN(c2cnc(-c3ccccc3)c(-c3ccccc3)n2)CC1. The number of rotatable bonds is 4. The molecule has 5 heteroatoms. The maximum absolute atomic E-state index is 11.3. The first kappa shape index (κ1) is 18.2. The Hall–Kier alpha value is -3.21. The molecule has 1 aromatic heterocycles. The van der Waals surface area contributed by atoms with Gasteiger partial charge in [-0.15, -0.1) is 0 Å². The normalized spacial score (nSPS) is 14.7. The van der Waals surface area contributed by atoms with E-state index in [1.165, 1.54) is 0 Å². The van der Waals surface area contributed by atoms with Crippen LogP contribution >= 0.6 is 0 Å². The van der Waals surface area contributed by atoms with Crippen LogP contribution in [0.3, 0.4) is 0 Å². The van der Waals surface area contributed by atoms with E-state index >= 15 is 0 Å². The van der Waals surface area contributed by atoms with E-state index in [1.54, 1.807) is 6.92 Å². The smallest absolute Gasteiger partial charge is 0.217 e. The van der Waals surface area contributed by atoms with Gasteiger partial charge in [0.1, 0.15) is 5.82 Å². The molecule has 1 N–H and O–H groups in total. The molecule has 0 bridgehead atoms. The Morgan fingerprint density at radius 3 is 2.07 bits per heavy atom. The highest BCUT2D eigenvalue weighted by molar-refractivity contribution is 5.78. The fourth-order valence-corrected chi connectivity index (χ4v) is 3.68. The lowest BCUT2D eigenvalue weighted by Crippen LogP contribution is -2.44. The van der Waals surface area contributed by atoms with Crippen molar-refractivity contribution in [2.75, 3.05) is 18.0 Å². The number of hydrogen-bond donors (Lipinski definition) is 1. The average Bonchev–Trinajstić information content (AvgIpc) is 2.75. The van der Waals surface area contributed by atoms with Gasteiger partial charge in [0.15, 0.2) is 0 Å². The predicted octanol–water partition coefficient (Wildman–Crippen LogP) is 3.92. The fraction of sp³-hybridized carbons (Fsp3) is 0.261. The molecule has 142 valence electrons. The van der Waals surface area contributed by atoms with Crippen molar-refractivity contribution < 1.29 is 4.79 Å². The van der Waals surface area contributed by atoms with E-state index in [1.807, 2.05) is 42.6 Å². The van der Waals surface area contributed by atoms with Crippen LogP contribution in [0.4, 0.5) is 5.82 Å². The Morgan fingerprint density at radius 2 is 1.50 bits per heavy atom. The van der Waals surface area contributed by atoms with E-state index in [4.69, 9.17) is 9.97 Å². The summed E-state index contributed by atoms with van der Waals surface area (Å²) in [7, 11) is 0. The lowest BCUT2D eigenvalue weighted by Gasteiger charge is -2.33. The minimum absolute atomic E-state index is 0.0387. The van der Waals surface area contributed by atoms with Crippen LogP contribution in [-0.4, -0.2) is 35.0 Å². The van der Waals surface area contributed by atoms with Crippen LogP contribution < -0.4 is 10.2 Å². The van der Waals surface area contributed by atoms with Crippen molar-refractivity contribution in [1.29, 1.82) is 0 Å². The molecule has 0 aliphatic carbocycles. The molecule has 2 heterocycles. The molecular formula is C23H24N4O. The van der Waals surface area contributed by atoms with Gasteiger partial charge < -0.3 is 10.2 Å². The van der Waals surface area contributed by atoms with Gasteiger partial charge in [-0.2, -0.15) is 0 Å². The minimum atomic E-state index is 0.0387. The predicted molar refractivity (Wildman–Crippen MR) is 112 cm³/mol. The highest BCUT2D eigenvalue weighted by atomic mass is 16.1. The standard InChI is InChI=1S/C23H24N4O/c1-17(28)25-20-12-14-27(15-13-20)21-16-24-22(18-8-4-2-5-9-18)23(26-21)19-10-6-3-7-11-19/h2-11,16,20H,12-15H2,1H3,(H,25,28). The Morgan fingerprint density at radius 1 is 0.929 bits per heavy atom. The first-order valence-electron chi connectivity index (χ1n) is 9.70. The third-order valence-corrected chi connectivity index (χ3v) is 5.08. The quantitative estimate of drug-likeness (QED) is 0.754. The van der Waals surface area contributed by atoms with Gasteiger partial charge in [0.05, 0.1) is 17.6 Å². The van der Waals surface area contributed by atoms with Crippen LogP contribution in [-0.2, 0) is 4.79 Å². The number of aromatic nitrogens is 2. The second kappa shape index (κ2) is 8.21. The first-order chi connectivity index (χ1) is 13.7. The van der Waals surface area contributed by atoms with Crippen LogP contribution in [0.5, 0.6) is 0 Å². The van der Waals surface area contributed by atoms with Crippen molar-refractivity contribution in [1.82, 2.24) is 15.3 Å². The van der Waals surface area contributed by atoms with Crippen molar-refractivity contribution in [2.24, 2.45) is 0 Å². The fourth-order valence-electron chi connectivity index (χ4n) is 3.68. The maximum atomic E-state index is 11.3. The van der Waals surface area contributed by atoms with Gasteiger partial charge in [0.2, 0.25) is 5.91 Å². The number of amides is 1. The molecule has 0 spiro atoms. The molecule has 0 atom stereocenters. The average molecular weight is 372 g/mol. The Kier molecular flexibility index (Phi) is 5.33. The summed E-state index contributed by atoms with van der Waals surface area (Å²) in [5, 5.41) is 3.02. The highest BCUT2D eigenvalue weighted by Crippen LogP contribution is 2.31. The van der Waals surface area contributed by atoms with E-state index in [0.29, 0.717) is 0 Å². The summed E-state index contributed by atoms with van der Waals surface area (Å²) in [6.07, 6.45) is 3.71. The van der Waals surface area contributed by atoms with Crippen LogP contribution in [0.15, 0.2) is 66.9 Å². The lowest BCUT2D eigenvalue weighted by atomic mass is 10.0. The Bertz CT molecular complexity index is 935. The number of carbonyl (C=O) groups is 1. The summed E-state index contributed by atoms with van der Waals surface area (Å²) in [6.45, 7) is 3.30. The van der Waals surface area contributed by atoms with Crippen LogP contribution in [0, 0.1) is 0 Å². The number of piperidine rings is 1. The lowest BCUT2D eigenvalue weighted by molar-refractivity contribution is -0.119. The molecule has 0 saturated carbocycles. The maximum Gasteiger partial charge on any atom is 0.217 e. The number of carbonyl (C=O) groups excluding carboxylic acids is 1. The molecule has 2 aromatic carbocycles. The van der Waals surface area contributed by atoms with Crippen LogP contribution in [0.1, 0.15) is 19.8 Å². The largest absolute Gasteiger partial charge is 0.355 e. The van der Waals surface area contributed by atoms with Crippen molar-refractivity contribution >= 4 is 11.7 Å².